The van der Waals surface area contributed by atoms with Gasteiger partial charge in [-0.3, -0.25) is 9.59 Å². The van der Waals surface area contributed by atoms with E-state index in [1.54, 1.807) is 17.8 Å². The number of hydrogen-bond donors (Lipinski definition) is 2. The molecule has 0 aliphatic carbocycles. The van der Waals surface area contributed by atoms with Gasteiger partial charge in [-0.25, -0.2) is 4.98 Å². The lowest BCUT2D eigenvalue weighted by atomic mass is 10.1. The third-order valence-electron chi connectivity index (χ3n) is 2.35. The maximum atomic E-state index is 11.5. The van der Waals surface area contributed by atoms with Crippen molar-refractivity contribution in [3.8, 4) is 0 Å². The van der Waals surface area contributed by atoms with Crippen LogP contribution in [0.25, 0.3) is 0 Å². The minimum atomic E-state index is -0.902. The van der Waals surface area contributed by atoms with E-state index >= 15 is 0 Å². The van der Waals surface area contributed by atoms with Crippen LogP contribution in [0.15, 0.2) is 11.4 Å². The third kappa shape index (κ3) is 3.76. The predicted molar refractivity (Wildman–Crippen MR) is 68.7 cm³/mol. The average Bonchev–Trinajstić information content (AvgIpc) is 2.69. The fraction of sp³-hybridized carbons (Fsp3) is 0.545. The van der Waals surface area contributed by atoms with Crippen molar-refractivity contribution in [3.05, 3.63) is 11.9 Å². The minimum absolute atomic E-state index is 0.0672. The summed E-state index contributed by atoms with van der Waals surface area (Å²) in [5, 5.41) is 11.8. The van der Waals surface area contributed by atoms with Gasteiger partial charge in [0.05, 0.1) is 5.75 Å². The molecular weight excluding hydrogens is 254 g/mol. The predicted octanol–water partition coefficient (Wildman–Crippen LogP) is 0.929. The Balaban J connectivity index is 2.95. The molecule has 0 atom stereocenters. The van der Waals surface area contributed by atoms with E-state index in [1.165, 1.54) is 0 Å². The second-order valence-corrected chi connectivity index (χ2v) is 5.00. The SMILES string of the molecule is CNC(=O)Cn1c(C(C)C)cnc1SCC(=O)O. The maximum absolute atomic E-state index is 11.5. The van der Waals surface area contributed by atoms with E-state index in [0.29, 0.717) is 5.16 Å². The van der Waals surface area contributed by atoms with Crippen molar-refractivity contribution in [1.29, 1.82) is 0 Å². The lowest BCUT2D eigenvalue weighted by molar-refractivity contribution is -0.133. The van der Waals surface area contributed by atoms with Crippen LogP contribution in [0.5, 0.6) is 0 Å². The van der Waals surface area contributed by atoms with Crippen LogP contribution < -0.4 is 5.32 Å². The first-order valence-corrected chi connectivity index (χ1v) is 6.54. The van der Waals surface area contributed by atoms with E-state index in [9.17, 15) is 9.59 Å². The first-order valence-electron chi connectivity index (χ1n) is 5.56. The number of amides is 1. The topological polar surface area (TPSA) is 84.2 Å². The largest absolute Gasteiger partial charge is 0.481 e. The fourth-order valence-electron chi connectivity index (χ4n) is 1.45. The normalized spacial score (nSPS) is 10.7. The molecule has 7 heteroatoms. The smallest absolute Gasteiger partial charge is 0.313 e. The van der Waals surface area contributed by atoms with Crippen molar-refractivity contribution in [2.45, 2.75) is 31.5 Å². The van der Waals surface area contributed by atoms with Crippen LogP contribution in [0.1, 0.15) is 25.5 Å². The second-order valence-electron chi connectivity index (χ2n) is 4.06. The molecule has 0 saturated heterocycles. The number of thioether (sulfide) groups is 1. The Morgan fingerprint density at radius 2 is 2.22 bits per heavy atom. The monoisotopic (exact) mass is 271 g/mol. The molecule has 1 amide bonds. The van der Waals surface area contributed by atoms with Crippen LogP contribution in [0.3, 0.4) is 0 Å². The molecule has 0 radical (unpaired) electrons. The Hall–Kier alpha value is -1.50. The van der Waals surface area contributed by atoms with Crippen LogP contribution in [0.2, 0.25) is 0 Å². The zero-order valence-corrected chi connectivity index (χ0v) is 11.5. The van der Waals surface area contributed by atoms with Crippen molar-refractivity contribution in [2.75, 3.05) is 12.8 Å². The molecule has 1 aromatic rings. The summed E-state index contributed by atoms with van der Waals surface area (Å²) in [4.78, 5) is 26.2. The van der Waals surface area contributed by atoms with Gasteiger partial charge in [-0.1, -0.05) is 25.6 Å². The molecule has 1 rings (SSSR count). The Kier molecular flexibility index (Phi) is 5.21. The van der Waals surface area contributed by atoms with Crippen molar-refractivity contribution < 1.29 is 14.7 Å². The molecule has 0 bridgehead atoms. The molecular formula is C11H17N3O3S. The second kappa shape index (κ2) is 6.44. The van der Waals surface area contributed by atoms with Crippen LogP contribution in [0, 0.1) is 0 Å². The van der Waals surface area contributed by atoms with Gasteiger partial charge < -0.3 is 15.0 Å². The van der Waals surface area contributed by atoms with E-state index in [-0.39, 0.29) is 24.1 Å². The molecule has 0 aromatic carbocycles. The van der Waals surface area contributed by atoms with Gasteiger partial charge in [0.25, 0.3) is 0 Å². The number of nitrogens with zero attached hydrogens (tertiary/aromatic N) is 2. The van der Waals surface area contributed by atoms with Gasteiger partial charge in [-0.2, -0.15) is 0 Å². The summed E-state index contributed by atoms with van der Waals surface area (Å²) in [7, 11) is 1.57. The molecule has 0 unspecified atom stereocenters. The van der Waals surface area contributed by atoms with Crippen molar-refractivity contribution in [2.24, 2.45) is 0 Å². The zero-order chi connectivity index (χ0) is 13.7. The molecule has 100 valence electrons. The Morgan fingerprint density at radius 1 is 1.56 bits per heavy atom. The van der Waals surface area contributed by atoms with Gasteiger partial charge in [-0.05, 0) is 5.92 Å². The molecule has 2 N–H and O–H groups in total. The van der Waals surface area contributed by atoms with Crippen LogP contribution >= 0.6 is 11.8 Å². The molecule has 0 aliphatic heterocycles. The summed E-state index contributed by atoms with van der Waals surface area (Å²) >= 11 is 1.12. The number of carbonyl (C=O) groups is 2. The van der Waals surface area contributed by atoms with E-state index in [2.05, 4.69) is 10.3 Å². The molecule has 1 aromatic heterocycles. The first-order chi connectivity index (χ1) is 8.45. The van der Waals surface area contributed by atoms with Crippen molar-refractivity contribution in [1.82, 2.24) is 14.9 Å². The number of hydrogen-bond acceptors (Lipinski definition) is 4. The van der Waals surface area contributed by atoms with Gasteiger partial charge in [-0.15, -0.1) is 0 Å². The number of imidazole rings is 1. The highest BCUT2D eigenvalue weighted by Crippen LogP contribution is 2.23. The third-order valence-corrected chi connectivity index (χ3v) is 3.32. The number of likely N-dealkylation sites (N-methyl/N-ethyl adjacent to an activating group) is 1. The van der Waals surface area contributed by atoms with Crippen LogP contribution in [0.4, 0.5) is 0 Å². The van der Waals surface area contributed by atoms with Crippen LogP contribution in [-0.4, -0.2) is 39.3 Å². The Morgan fingerprint density at radius 3 is 2.72 bits per heavy atom. The summed E-state index contributed by atoms with van der Waals surface area (Å²) in [5.74, 6) is -0.878. The number of carbonyl (C=O) groups excluding carboxylic acids is 1. The minimum Gasteiger partial charge on any atom is -0.481 e. The number of carboxylic acid groups (broad SMARTS) is 1. The van der Waals surface area contributed by atoms with Gasteiger partial charge in [0.2, 0.25) is 5.91 Å². The summed E-state index contributed by atoms with van der Waals surface area (Å²) in [6.45, 7) is 4.16. The fourth-order valence-corrected chi connectivity index (χ4v) is 2.16. The first kappa shape index (κ1) is 14.6. The molecule has 0 spiro atoms. The lowest BCUT2D eigenvalue weighted by Crippen LogP contribution is -2.25. The van der Waals surface area contributed by atoms with Gasteiger partial charge >= 0.3 is 5.97 Å². The Labute approximate surface area is 110 Å². The van der Waals surface area contributed by atoms with Crippen molar-refractivity contribution in [3.63, 3.8) is 0 Å². The molecule has 0 saturated carbocycles. The van der Waals surface area contributed by atoms with E-state index in [0.717, 1.165) is 17.5 Å². The van der Waals surface area contributed by atoms with Crippen LogP contribution in [-0.2, 0) is 16.1 Å². The Bertz CT molecular complexity index is 443. The van der Waals surface area contributed by atoms with E-state index in [1.807, 2.05) is 13.8 Å². The lowest BCUT2D eigenvalue weighted by Gasteiger charge is -2.12. The number of aliphatic carboxylic acids is 1. The number of aromatic nitrogens is 2. The highest BCUT2D eigenvalue weighted by atomic mass is 32.2. The number of carboxylic acids is 1. The van der Waals surface area contributed by atoms with E-state index in [4.69, 9.17) is 5.11 Å². The maximum Gasteiger partial charge on any atom is 0.313 e. The molecule has 18 heavy (non-hydrogen) atoms. The zero-order valence-electron chi connectivity index (χ0n) is 10.6. The average molecular weight is 271 g/mol. The van der Waals surface area contributed by atoms with E-state index < -0.39 is 5.97 Å². The quantitative estimate of drug-likeness (QED) is 0.752. The molecule has 0 fully saturated rings. The highest BCUT2D eigenvalue weighted by Gasteiger charge is 2.16. The molecule has 0 aliphatic rings. The number of rotatable bonds is 6. The summed E-state index contributed by atoms with van der Waals surface area (Å²) < 4.78 is 1.76. The standard InChI is InChI=1S/C11H17N3O3S/c1-7(2)8-4-13-11(18-6-10(16)17)14(8)5-9(15)12-3/h4,7H,5-6H2,1-3H3,(H,12,15)(H,16,17). The van der Waals surface area contributed by atoms with Gasteiger partial charge in [0, 0.05) is 18.9 Å². The molecule has 6 nitrogen and oxygen atoms in total. The number of nitrogens with one attached hydrogen (secondary N) is 1. The molecule has 1 heterocycles. The van der Waals surface area contributed by atoms with Gasteiger partial charge in [0.1, 0.15) is 6.54 Å². The summed E-state index contributed by atoms with van der Waals surface area (Å²) in [6, 6.07) is 0. The summed E-state index contributed by atoms with van der Waals surface area (Å²) in [5.41, 5.74) is 0.923. The van der Waals surface area contributed by atoms with Crippen molar-refractivity contribution >= 4 is 23.6 Å². The van der Waals surface area contributed by atoms with Gasteiger partial charge in [0.15, 0.2) is 5.16 Å². The summed E-state index contributed by atoms with van der Waals surface area (Å²) in [6.07, 6.45) is 1.69. The highest BCUT2D eigenvalue weighted by molar-refractivity contribution is 7.99.